The van der Waals surface area contributed by atoms with E-state index >= 15 is 0 Å². The largest absolute Gasteiger partial charge is 0.399 e. The summed E-state index contributed by atoms with van der Waals surface area (Å²) in [7, 11) is -2.56. The molecular weight excluding hydrogens is 485 g/mol. The first-order valence-corrected chi connectivity index (χ1v) is 12.4. The van der Waals surface area contributed by atoms with Gasteiger partial charge in [0.2, 0.25) is 0 Å². The molecule has 4 aromatic carbocycles. The molecule has 0 radical (unpaired) electrons. The third kappa shape index (κ3) is 3.63. The van der Waals surface area contributed by atoms with E-state index < -0.39 is 8.07 Å². The maximum atomic E-state index is 6.03. The van der Waals surface area contributed by atoms with Gasteiger partial charge in [0.15, 0.2) is 8.07 Å². The molecule has 144 valence electrons. The van der Waals surface area contributed by atoms with Gasteiger partial charge in [0.25, 0.3) is 0 Å². The van der Waals surface area contributed by atoms with E-state index in [4.69, 9.17) is 17.2 Å². The van der Waals surface area contributed by atoms with Crippen molar-refractivity contribution < 1.29 is 0 Å². The van der Waals surface area contributed by atoms with Crippen molar-refractivity contribution in [3.8, 4) is 0 Å². The van der Waals surface area contributed by atoms with Crippen LogP contribution in [0.5, 0.6) is 0 Å². The van der Waals surface area contributed by atoms with Gasteiger partial charge in [0.05, 0.1) is 0 Å². The van der Waals surface area contributed by atoms with Crippen LogP contribution in [0.15, 0.2) is 97.1 Å². The molecule has 5 heteroatoms. The second kappa shape index (κ2) is 7.92. The number of halogens is 1. The highest BCUT2D eigenvalue weighted by molar-refractivity contribution is 14.1. The van der Waals surface area contributed by atoms with E-state index in [-0.39, 0.29) is 0 Å². The summed E-state index contributed by atoms with van der Waals surface area (Å²) < 4.78 is 1.21. The van der Waals surface area contributed by atoms with Gasteiger partial charge in [-0.05, 0) is 91.9 Å². The van der Waals surface area contributed by atoms with Crippen LogP contribution in [0.4, 0.5) is 17.1 Å². The lowest BCUT2D eigenvalue weighted by Gasteiger charge is -2.34. The van der Waals surface area contributed by atoms with Crippen molar-refractivity contribution in [1.29, 1.82) is 0 Å². The van der Waals surface area contributed by atoms with Crippen molar-refractivity contribution in [3.05, 3.63) is 101 Å². The molecule has 3 nitrogen and oxygen atoms in total. The Balaban J connectivity index is 2.11. The Morgan fingerprint density at radius 3 is 0.931 bits per heavy atom. The average molecular weight is 507 g/mol. The quantitative estimate of drug-likeness (QED) is 0.172. The molecule has 6 N–H and O–H groups in total. The second-order valence-corrected chi connectivity index (χ2v) is 12.2. The third-order valence-corrected chi connectivity index (χ3v) is 10.8. The Bertz CT molecular complexity index is 919. The summed E-state index contributed by atoms with van der Waals surface area (Å²) in [6, 6.07) is 33.7. The van der Waals surface area contributed by atoms with Crippen LogP contribution in [0.25, 0.3) is 0 Å². The van der Waals surface area contributed by atoms with Gasteiger partial charge in [-0.15, -0.1) is 0 Å². The number of hydrogen-bond acceptors (Lipinski definition) is 3. The van der Waals surface area contributed by atoms with Gasteiger partial charge in [0.1, 0.15) is 0 Å². The van der Waals surface area contributed by atoms with E-state index in [9.17, 15) is 0 Å². The van der Waals surface area contributed by atoms with Crippen molar-refractivity contribution in [3.63, 3.8) is 0 Å². The Hall–Kier alpha value is -2.77. The number of nitrogen functional groups attached to an aromatic ring is 3. The molecule has 0 aliphatic rings. The molecule has 0 fully saturated rings. The number of anilines is 3. The Morgan fingerprint density at radius 2 is 0.655 bits per heavy atom. The van der Waals surface area contributed by atoms with Crippen LogP contribution in [0.3, 0.4) is 0 Å². The lowest BCUT2D eigenvalue weighted by molar-refractivity contribution is 1.63. The zero-order valence-electron chi connectivity index (χ0n) is 15.8. The minimum Gasteiger partial charge on any atom is -0.399 e. The predicted octanol–water partition coefficient (Wildman–Crippen LogP) is 2.42. The van der Waals surface area contributed by atoms with E-state index in [0.29, 0.717) is 0 Å². The van der Waals surface area contributed by atoms with Crippen molar-refractivity contribution in [2.75, 3.05) is 17.2 Å². The molecule has 0 bridgehead atoms. The first-order chi connectivity index (χ1) is 14.0. The number of benzene rings is 4. The molecule has 29 heavy (non-hydrogen) atoms. The lowest BCUT2D eigenvalue weighted by atomic mass is 10.3. The zero-order chi connectivity index (χ0) is 20.4. The number of nitrogens with two attached hydrogens (primary N) is 3. The van der Waals surface area contributed by atoms with Gasteiger partial charge in [-0.1, -0.05) is 48.5 Å². The zero-order valence-corrected chi connectivity index (χ0v) is 19.0. The summed E-state index contributed by atoms with van der Waals surface area (Å²) in [5.74, 6) is 0. The van der Waals surface area contributed by atoms with E-state index in [1.165, 1.54) is 24.3 Å². The average Bonchev–Trinajstić information content (AvgIpc) is 2.73. The van der Waals surface area contributed by atoms with E-state index in [2.05, 4.69) is 83.3 Å². The molecule has 0 amide bonds. The Labute approximate surface area is 185 Å². The summed E-state index contributed by atoms with van der Waals surface area (Å²) in [5, 5.41) is 5.10. The molecule has 0 aliphatic carbocycles. The fourth-order valence-corrected chi connectivity index (χ4v) is 8.93. The van der Waals surface area contributed by atoms with Crippen LogP contribution < -0.4 is 37.9 Å². The summed E-state index contributed by atoms with van der Waals surface area (Å²) in [5.41, 5.74) is 20.4. The fourth-order valence-electron chi connectivity index (χ4n) is 3.90. The van der Waals surface area contributed by atoms with Crippen LogP contribution in [0.1, 0.15) is 0 Å². The summed E-state index contributed by atoms with van der Waals surface area (Å²) in [6.45, 7) is 0. The highest BCUT2D eigenvalue weighted by Crippen LogP contribution is 2.14. The first kappa shape index (κ1) is 19.5. The van der Waals surface area contributed by atoms with E-state index in [1.807, 2.05) is 36.4 Å². The van der Waals surface area contributed by atoms with Crippen LogP contribution in [0.2, 0.25) is 0 Å². The van der Waals surface area contributed by atoms with Gasteiger partial charge in [-0.2, -0.15) is 0 Å². The highest BCUT2D eigenvalue weighted by atomic mass is 127. The van der Waals surface area contributed by atoms with Gasteiger partial charge < -0.3 is 17.2 Å². The van der Waals surface area contributed by atoms with Crippen molar-refractivity contribution in [2.45, 2.75) is 0 Å². The maximum Gasteiger partial charge on any atom is 0.179 e. The number of rotatable bonds is 4. The van der Waals surface area contributed by atoms with Crippen LogP contribution >= 0.6 is 22.6 Å². The monoisotopic (exact) mass is 507 g/mol. The van der Waals surface area contributed by atoms with Crippen molar-refractivity contribution >= 4 is 68.5 Å². The topological polar surface area (TPSA) is 78.1 Å². The van der Waals surface area contributed by atoms with Crippen molar-refractivity contribution in [2.24, 2.45) is 0 Å². The molecule has 0 atom stereocenters. The van der Waals surface area contributed by atoms with Crippen LogP contribution in [0, 0.1) is 3.57 Å². The fraction of sp³-hybridized carbons (Fsp3) is 0. The molecule has 4 aromatic rings. The summed E-state index contributed by atoms with van der Waals surface area (Å²) >= 11 is 2.35. The molecule has 0 aromatic heterocycles. The minimum absolute atomic E-state index is 0.758. The van der Waals surface area contributed by atoms with Crippen LogP contribution in [-0.2, 0) is 0 Å². The Kier molecular flexibility index (Phi) is 5.34. The summed E-state index contributed by atoms with van der Waals surface area (Å²) in [4.78, 5) is 0. The molecule has 0 heterocycles. The third-order valence-electron chi connectivity index (χ3n) is 5.31. The summed E-state index contributed by atoms with van der Waals surface area (Å²) in [6.07, 6.45) is 0. The molecule has 0 saturated carbocycles. The molecular formula is C24H22IN3Si. The highest BCUT2D eigenvalue weighted by Gasteiger charge is 2.41. The van der Waals surface area contributed by atoms with Gasteiger partial charge in [0, 0.05) is 20.6 Å². The van der Waals surface area contributed by atoms with Gasteiger partial charge in [-0.3, -0.25) is 0 Å². The van der Waals surface area contributed by atoms with Crippen molar-refractivity contribution in [1.82, 2.24) is 0 Å². The van der Waals surface area contributed by atoms with E-state index in [1.54, 1.807) is 0 Å². The normalized spacial score (nSPS) is 11.3. The molecule has 0 spiro atoms. The SMILES string of the molecule is Nc1ccc([Si](c2ccc(N)cc2)(c2ccc(N)cc2)c2ccc(I)cc2)cc1. The lowest BCUT2D eigenvalue weighted by Crippen LogP contribution is -2.74. The molecule has 4 rings (SSSR count). The predicted molar refractivity (Wildman–Crippen MR) is 136 cm³/mol. The first-order valence-electron chi connectivity index (χ1n) is 9.34. The molecule has 0 saturated heterocycles. The van der Waals surface area contributed by atoms with Gasteiger partial charge in [-0.25, -0.2) is 0 Å². The van der Waals surface area contributed by atoms with Gasteiger partial charge >= 0.3 is 0 Å². The maximum absolute atomic E-state index is 6.03. The standard InChI is InChI=1S/C24H22IN3Si/c25-17-1-9-21(10-2-17)29(22-11-3-18(26)4-12-22,23-13-5-19(27)6-14-23)24-15-7-20(28)8-16-24/h1-16H,26-28H2. The number of hydrogen-bond donors (Lipinski definition) is 3. The molecule has 0 unspecified atom stereocenters. The van der Waals surface area contributed by atoms with E-state index in [0.717, 1.165) is 17.1 Å². The smallest absolute Gasteiger partial charge is 0.179 e. The Morgan fingerprint density at radius 1 is 0.414 bits per heavy atom. The minimum atomic E-state index is -2.56. The van der Waals surface area contributed by atoms with Crippen LogP contribution in [-0.4, -0.2) is 8.07 Å². The second-order valence-electron chi connectivity index (χ2n) is 7.12. The molecule has 0 aliphatic heterocycles.